The second-order valence-electron chi connectivity index (χ2n) is 7.17. The van der Waals surface area contributed by atoms with E-state index in [4.69, 9.17) is 0 Å². The molecule has 3 rings (SSSR count). The molecule has 25 heavy (non-hydrogen) atoms. The minimum atomic E-state index is -0.333. The van der Waals surface area contributed by atoms with Gasteiger partial charge in [-0.15, -0.1) is 0 Å². The molecule has 7 heteroatoms. The Bertz CT molecular complexity index is 871. The Morgan fingerprint density at radius 1 is 1.36 bits per heavy atom. The van der Waals surface area contributed by atoms with Gasteiger partial charge in [0.1, 0.15) is 5.75 Å². The fourth-order valence-corrected chi connectivity index (χ4v) is 3.67. The number of benzene rings is 1. The Morgan fingerprint density at radius 2 is 2.12 bits per heavy atom. The van der Waals surface area contributed by atoms with E-state index in [9.17, 15) is 14.7 Å². The van der Waals surface area contributed by atoms with E-state index in [2.05, 4.69) is 10.3 Å². The van der Waals surface area contributed by atoms with Crippen LogP contribution in [0.2, 0.25) is 0 Å². The number of carbonyl (C=O) groups is 1. The summed E-state index contributed by atoms with van der Waals surface area (Å²) in [5, 5.41) is 12.9. The first kappa shape index (κ1) is 17.5. The van der Waals surface area contributed by atoms with E-state index in [1.54, 1.807) is 28.8 Å². The van der Waals surface area contributed by atoms with Gasteiger partial charge in [0.2, 0.25) is 5.91 Å². The van der Waals surface area contributed by atoms with Crippen LogP contribution in [0.5, 0.6) is 5.75 Å². The standard InChI is InChI=1S/C18H21N3O3S/c1-18(2,3)14-8-15(23)21-9-11(10-25-17(21)20-14)16(24)19-12-5-4-6-13(22)7-12/h4-8,11,22H,9-10H2,1-3H3,(H,19,24). The van der Waals surface area contributed by atoms with Crippen LogP contribution in [-0.4, -0.2) is 26.3 Å². The maximum Gasteiger partial charge on any atom is 0.254 e. The maximum absolute atomic E-state index is 12.5. The van der Waals surface area contributed by atoms with E-state index in [0.717, 1.165) is 5.69 Å². The molecule has 0 aliphatic carbocycles. The van der Waals surface area contributed by atoms with Crippen LogP contribution in [0.1, 0.15) is 26.5 Å². The minimum absolute atomic E-state index is 0.0938. The third-order valence-electron chi connectivity index (χ3n) is 4.04. The number of nitrogens with zero attached hydrogens (tertiary/aromatic N) is 2. The molecule has 132 valence electrons. The molecule has 0 fully saturated rings. The predicted molar refractivity (Wildman–Crippen MR) is 98.1 cm³/mol. The number of hydrogen-bond donors (Lipinski definition) is 2. The lowest BCUT2D eigenvalue weighted by Gasteiger charge is -2.26. The highest BCUT2D eigenvalue weighted by molar-refractivity contribution is 7.99. The molecular weight excluding hydrogens is 338 g/mol. The molecular formula is C18H21N3O3S. The number of rotatable bonds is 2. The zero-order chi connectivity index (χ0) is 18.2. The summed E-state index contributed by atoms with van der Waals surface area (Å²) in [5.74, 6) is 0.150. The van der Waals surface area contributed by atoms with Crippen LogP contribution in [-0.2, 0) is 16.8 Å². The summed E-state index contributed by atoms with van der Waals surface area (Å²) in [6, 6.07) is 7.97. The van der Waals surface area contributed by atoms with Crippen molar-refractivity contribution in [1.82, 2.24) is 9.55 Å². The van der Waals surface area contributed by atoms with Crippen LogP contribution in [0.3, 0.4) is 0 Å². The van der Waals surface area contributed by atoms with Gasteiger partial charge in [-0.2, -0.15) is 0 Å². The number of fused-ring (bicyclic) bond motifs is 1. The molecule has 0 saturated carbocycles. The molecule has 6 nitrogen and oxygen atoms in total. The molecule has 1 aliphatic heterocycles. The summed E-state index contributed by atoms with van der Waals surface area (Å²) >= 11 is 1.42. The normalized spacial score (nSPS) is 17.0. The molecule has 0 saturated heterocycles. The molecule has 1 aromatic carbocycles. The van der Waals surface area contributed by atoms with E-state index in [1.165, 1.54) is 17.8 Å². The van der Waals surface area contributed by atoms with Crippen molar-refractivity contribution in [3.05, 3.63) is 46.4 Å². The molecule has 1 aliphatic rings. The smallest absolute Gasteiger partial charge is 0.254 e. The average molecular weight is 359 g/mol. The van der Waals surface area contributed by atoms with Gasteiger partial charge in [-0.1, -0.05) is 38.6 Å². The highest BCUT2D eigenvalue weighted by atomic mass is 32.2. The Kier molecular flexibility index (Phi) is 4.60. The van der Waals surface area contributed by atoms with Crippen LogP contribution >= 0.6 is 11.8 Å². The lowest BCUT2D eigenvalue weighted by atomic mass is 9.92. The number of aromatic nitrogens is 2. The highest BCUT2D eigenvalue weighted by Gasteiger charge is 2.28. The quantitative estimate of drug-likeness (QED) is 0.805. The summed E-state index contributed by atoms with van der Waals surface area (Å²) in [5.41, 5.74) is 0.976. The van der Waals surface area contributed by atoms with Gasteiger partial charge >= 0.3 is 0 Å². The Hall–Kier alpha value is -2.28. The molecule has 1 atom stereocenters. The van der Waals surface area contributed by atoms with E-state index in [-0.39, 0.29) is 28.5 Å². The first-order chi connectivity index (χ1) is 11.7. The molecule has 1 amide bonds. The van der Waals surface area contributed by atoms with E-state index >= 15 is 0 Å². The lowest BCUT2D eigenvalue weighted by Crippen LogP contribution is -2.37. The van der Waals surface area contributed by atoms with E-state index in [1.807, 2.05) is 20.8 Å². The zero-order valence-electron chi connectivity index (χ0n) is 14.4. The number of hydrogen-bond acceptors (Lipinski definition) is 5. The van der Waals surface area contributed by atoms with Crippen molar-refractivity contribution < 1.29 is 9.90 Å². The van der Waals surface area contributed by atoms with Crippen LogP contribution in [0, 0.1) is 5.92 Å². The largest absolute Gasteiger partial charge is 0.508 e. The van der Waals surface area contributed by atoms with Gasteiger partial charge in [0.25, 0.3) is 5.56 Å². The summed E-state index contributed by atoms with van der Waals surface area (Å²) in [6.45, 7) is 6.36. The number of anilines is 1. The van der Waals surface area contributed by atoms with Crippen LogP contribution < -0.4 is 10.9 Å². The summed E-state index contributed by atoms with van der Waals surface area (Å²) in [6.07, 6.45) is 0. The fourth-order valence-electron chi connectivity index (χ4n) is 2.58. The Labute approximate surface area is 150 Å². The number of thioether (sulfide) groups is 1. The zero-order valence-corrected chi connectivity index (χ0v) is 15.3. The van der Waals surface area contributed by atoms with Gasteiger partial charge < -0.3 is 10.4 Å². The maximum atomic E-state index is 12.5. The number of phenols is 1. The van der Waals surface area contributed by atoms with Crippen molar-refractivity contribution in [2.24, 2.45) is 5.92 Å². The SMILES string of the molecule is CC(C)(C)c1cc(=O)n2c(n1)SCC(C(=O)Nc1cccc(O)c1)C2. The van der Waals surface area contributed by atoms with Crippen molar-refractivity contribution >= 4 is 23.4 Å². The van der Waals surface area contributed by atoms with Crippen molar-refractivity contribution in [3.8, 4) is 5.75 Å². The van der Waals surface area contributed by atoms with Gasteiger partial charge in [-0.25, -0.2) is 4.98 Å². The fraction of sp³-hybridized carbons (Fsp3) is 0.389. The first-order valence-corrected chi connectivity index (χ1v) is 9.07. The van der Waals surface area contributed by atoms with Gasteiger partial charge in [-0.05, 0) is 12.1 Å². The molecule has 1 aromatic heterocycles. The van der Waals surface area contributed by atoms with E-state index < -0.39 is 0 Å². The second kappa shape index (κ2) is 6.55. The topological polar surface area (TPSA) is 84.2 Å². The van der Waals surface area contributed by atoms with Gasteiger partial charge in [0.15, 0.2) is 5.16 Å². The number of aromatic hydroxyl groups is 1. The van der Waals surface area contributed by atoms with Gasteiger partial charge in [0.05, 0.1) is 11.6 Å². The molecule has 2 aromatic rings. The molecule has 2 heterocycles. The van der Waals surface area contributed by atoms with Crippen molar-refractivity contribution in [2.45, 2.75) is 37.9 Å². The van der Waals surface area contributed by atoms with Gasteiger partial charge in [-0.3, -0.25) is 14.2 Å². The van der Waals surface area contributed by atoms with E-state index in [0.29, 0.717) is 23.1 Å². The molecule has 1 unspecified atom stereocenters. The molecule has 0 bridgehead atoms. The van der Waals surface area contributed by atoms with Crippen LogP contribution in [0.25, 0.3) is 0 Å². The number of amides is 1. The minimum Gasteiger partial charge on any atom is -0.508 e. The monoisotopic (exact) mass is 359 g/mol. The third kappa shape index (κ3) is 3.87. The molecule has 2 N–H and O–H groups in total. The van der Waals surface area contributed by atoms with Crippen LogP contribution in [0.15, 0.2) is 40.3 Å². The number of carbonyl (C=O) groups excluding carboxylic acids is 1. The van der Waals surface area contributed by atoms with Crippen molar-refractivity contribution in [2.75, 3.05) is 11.1 Å². The predicted octanol–water partition coefficient (Wildman–Crippen LogP) is 2.61. The van der Waals surface area contributed by atoms with Crippen molar-refractivity contribution in [1.29, 1.82) is 0 Å². The first-order valence-electron chi connectivity index (χ1n) is 8.09. The summed E-state index contributed by atoms with van der Waals surface area (Å²) in [4.78, 5) is 29.5. The third-order valence-corrected chi connectivity index (χ3v) is 5.18. The summed E-state index contributed by atoms with van der Waals surface area (Å²) < 4.78 is 1.57. The number of phenolic OH excluding ortho intramolecular Hbond substituents is 1. The Balaban J connectivity index is 1.79. The Morgan fingerprint density at radius 3 is 2.80 bits per heavy atom. The highest BCUT2D eigenvalue weighted by Crippen LogP contribution is 2.28. The van der Waals surface area contributed by atoms with Gasteiger partial charge in [0, 0.05) is 35.5 Å². The average Bonchev–Trinajstić information content (AvgIpc) is 2.53. The second-order valence-corrected chi connectivity index (χ2v) is 8.16. The van der Waals surface area contributed by atoms with Crippen molar-refractivity contribution in [3.63, 3.8) is 0 Å². The molecule has 0 radical (unpaired) electrons. The molecule has 0 spiro atoms. The lowest BCUT2D eigenvalue weighted by molar-refractivity contribution is -0.119. The number of nitrogens with one attached hydrogen (secondary N) is 1. The summed E-state index contributed by atoms with van der Waals surface area (Å²) in [7, 11) is 0. The van der Waals surface area contributed by atoms with Crippen LogP contribution in [0.4, 0.5) is 5.69 Å².